The number of nitrogens with one attached hydrogen (secondary N) is 2. The van der Waals surface area contributed by atoms with Crippen molar-refractivity contribution in [1.29, 1.82) is 0 Å². The normalized spacial score (nSPS) is 13.1. The quantitative estimate of drug-likeness (QED) is 0.115. The molecular formula is C40H41N3O3S2. The monoisotopic (exact) mass is 675 g/mol. The number of aryl methyl sites for hydroxylation is 1. The van der Waals surface area contributed by atoms with E-state index in [0.717, 1.165) is 78.1 Å². The van der Waals surface area contributed by atoms with Crippen molar-refractivity contribution >= 4 is 51.2 Å². The molecule has 0 aromatic heterocycles. The third-order valence-corrected chi connectivity index (χ3v) is 9.94. The summed E-state index contributed by atoms with van der Waals surface area (Å²) in [7, 11) is -1.35. The zero-order valence-corrected chi connectivity index (χ0v) is 29.6. The topological polar surface area (TPSA) is 81.7 Å². The fourth-order valence-corrected chi connectivity index (χ4v) is 7.49. The van der Waals surface area contributed by atoms with Crippen LogP contribution in [0, 0.1) is 20.8 Å². The van der Waals surface area contributed by atoms with Crippen molar-refractivity contribution in [3.05, 3.63) is 137 Å². The van der Waals surface area contributed by atoms with Crippen LogP contribution in [0.1, 0.15) is 45.9 Å². The number of aliphatic carboxylic acids is 1. The van der Waals surface area contributed by atoms with Gasteiger partial charge in [-0.2, -0.15) is 0 Å². The van der Waals surface area contributed by atoms with Gasteiger partial charge in [0.1, 0.15) is 11.0 Å². The van der Waals surface area contributed by atoms with Crippen molar-refractivity contribution in [3.8, 4) is 22.3 Å². The van der Waals surface area contributed by atoms with E-state index in [1.54, 1.807) is 12.3 Å². The molecule has 5 rings (SSSR count). The van der Waals surface area contributed by atoms with E-state index in [-0.39, 0.29) is 6.42 Å². The fourth-order valence-electron chi connectivity index (χ4n) is 6.49. The molecule has 0 radical (unpaired) electrons. The van der Waals surface area contributed by atoms with Crippen molar-refractivity contribution in [2.45, 2.75) is 47.2 Å². The molecule has 4 aromatic rings. The molecule has 0 saturated heterocycles. The predicted molar refractivity (Wildman–Crippen MR) is 206 cm³/mol. The Balaban J connectivity index is 1.50. The number of thiocarbonyl (C=S) groups is 1. The number of anilines is 2. The summed E-state index contributed by atoms with van der Waals surface area (Å²) in [4.78, 5) is 12.1. The highest BCUT2D eigenvalue weighted by Crippen LogP contribution is 2.49. The Hall–Kier alpha value is -4.79. The van der Waals surface area contributed by atoms with Crippen LogP contribution in [0.3, 0.4) is 0 Å². The van der Waals surface area contributed by atoms with Gasteiger partial charge in [-0.05, 0) is 108 Å². The molecule has 8 heteroatoms. The number of carboxylic acids is 1. The highest BCUT2D eigenvalue weighted by Gasteiger charge is 2.32. The van der Waals surface area contributed by atoms with Crippen LogP contribution in [0.4, 0.5) is 11.4 Å². The smallest absolute Gasteiger partial charge is 0.307 e. The Kier molecular flexibility index (Phi) is 10.8. The van der Waals surface area contributed by atoms with E-state index < -0.39 is 17.0 Å². The average Bonchev–Trinajstić information content (AvgIpc) is 3.06. The zero-order chi connectivity index (χ0) is 34.5. The number of hydrogen-bond donors (Lipinski definition) is 3. The lowest BCUT2D eigenvalue weighted by Crippen LogP contribution is -2.30. The van der Waals surface area contributed by atoms with Crippen LogP contribution in [0.2, 0.25) is 0 Å². The minimum Gasteiger partial charge on any atom is -0.481 e. The Morgan fingerprint density at radius 1 is 1.04 bits per heavy atom. The number of nitrogens with zero attached hydrogens (tertiary/aromatic N) is 1. The van der Waals surface area contributed by atoms with Crippen LogP contribution in [-0.2, 0) is 35.3 Å². The van der Waals surface area contributed by atoms with Gasteiger partial charge < -0.3 is 15.7 Å². The van der Waals surface area contributed by atoms with E-state index in [2.05, 4.69) is 47.6 Å². The summed E-state index contributed by atoms with van der Waals surface area (Å²) in [5.41, 5.74) is 13.6. The number of hydrogen-bond acceptors (Lipinski definition) is 3. The lowest BCUT2D eigenvalue weighted by molar-refractivity contribution is -0.136. The lowest BCUT2D eigenvalue weighted by Gasteiger charge is -2.35. The molecule has 0 saturated carbocycles. The summed E-state index contributed by atoms with van der Waals surface area (Å²) in [5.74, 6) is -0.901. The van der Waals surface area contributed by atoms with Crippen molar-refractivity contribution in [1.82, 2.24) is 5.32 Å². The number of carbonyl (C=O) groups is 1. The molecule has 3 N–H and O–H groups in total. The molecule has 1 aliphatic heterocycles. The van der Waals surface area contributed by atoms with Crippen LogP contribution in [-0.4, -0.2) is 26.7 Å². The predicted octanol–water partition coefficient (Wildman–Crippen LogP) is 8.82. The van der Waals surface area contributed by atoms with E-state index >= 15 is 0 Å². The summed E-state index contributed by atoms with van der Waals surface area (Å²) in [6.45, 7) is 12.8. The van der Waals surface area contributed by atoms with Gasteiger partial charge in [0.05, 0.1) is 18.7 Å². The molecule has 0 bridgehead atoms. The molecule has 0 spiro atoms. The van der Waals surface area contributed by atoms with Crippen molar-refractivity contribution in [2.24, 2.45) is 0 Å². The molecule has 1 atom stereocenters. The minimum absolute atomic E-state index is 0.125. The first-order valence-corrected chi connectivity index (χ1v) is 17.7. The molecule has 0 aliphatic carbocycles. The molecule has 1 heterocycles. The molecular weight excluding hydrogens is 635 g/mol. The van der Waals surface area contributed by atoms with Crippen LogP contribution >= 0.6 is 12.2 Å². The van der Waals surface area contributed by atoms with E-state index in [0.29, 0.717) is 18.2 Å². The average molecular weight is 676 g/mol. The minimum atomic E-state index is -1.35. The first kappa shape index (κ1) is 34.5. The first-order chi connectivity index (χ1) is 23.0. The van der Waals surface area contributed by atoms with E-state index in [4.69, 9.17) is 12.2 Å². The van der Waals surface area contributed by atoms with Crippen LogP contribution in [0.25, 0.3) is 27.8 Å². The van der Waals surface area contributed by atoms with Gasteiger partial charge in [-0.1, -0.05) is 91.0 Å². The summed E-state index contributed by atoms with van der Waals surface area (Å²) < 4.78 is 15.1. The highest BCUT2D eigenvalue weighted by atomic mass is 32.2. The second-order valence-electron chi connectivity index (χ2n) is 11.9. The van der Waals surface area contributed by atoms with Gasteiger partial charge in [0.25, 0.3) is 0 Å². The van der Waals surface area contributed by atoms with Crippen molar-refractivity contribution in [2.75, 3.05) is 15.9 Å². The van der Waals surface area contributed by atoms with Crippen molar-refractivity contribution < 1.29 is 14.1 Å². The molecule has 246 valence electrons. The number of benzene rings is 4. The summed E-state index contributed by atoms with van der Waals surface area (Å²) in [5, 5.41) is 17.1. The number of rotatable bonds is 10. The molecule has 6 nitrogen and oxygen atoms in total. The van der Waals surface area contributed by atoms with Gasteiger partial charge in [-0.25, -0.2) is 4.21 Å². The molecule has 0 amide bonds. The zero-order valence-electron chi connectivity index (χ0n) is 28.0. The fraction of sp³-hybridized carbons (Fsp3) is 0.200. The van der Waals surface area contributed by atoms with Crippen LogP contribution in [0.15, 0.2) is 97.6 Å². The number of carboxylic acid groups (broad SMARTS) is 1. The maximum absolute atomic E-state index is 13.3. The SMILES string of the molecule is C=C/C=C\C(=C/C)c1ccccc1CNC(=S)Nc1ccc2c(c1)CN(S(C)=O)c1c(C)c(CC(=O)O)c(-c3ccc(C)cc3)c(C)c1-2. The molecule has 0 fully saturated rings. The second-order valence-corrected chi connectivity index (χ2v) is 13.6. The van der Waals surface area contributed by atoms with Crippen LogP contribution in [0.5, 0.6) is 0 Å². The Morgan fingerprint density at radius 2 is 1.77 bits per heavy atom. The number of allylic oxidation sites excluding steroid dienone is 5. The van der Waals surface area contributed by atoms with Crippen molar-refractivity contribution in [3.63, 3.8) is 0 Å². The van der Waals surface area contributed by atoms with Gasteiger partial charge >= 0.3 is 5.97 Å². The summed E-state index contributed by atoms with van der Waals surface area (Å²) in [6.07, 6.45) is 9.35. The first-order valence-electron chi connectivity index (χ1n) is 15.8. The third kappa shape index (κ3) is 7.20. The van der Waals surface area contributed by atoms with E-state index in [1.807, 2.05) is 86.6 Å². The molecule has 48 heavy (non-hydrogen) atoms. The molecule has 1 unspecified atom stereocenters. The van der Waals surface area contributed by atoms with Gasteiger partial charge in [-0.3, -0.25) is 9.10 Å². The largest absolute Gasteiger partial charge is 0.481 e. The lowest BCUT2D eigenvalue weighted by atomic mass is 9.81. The highest BCUT2D eigenvalue weighted by molar-refractivity contribution is 7.85. The van der Waals surface area contributed by atoms with Gasteiger partial charge in [0, 0.05) is 24.1 Å². The standard InChI is InChI=1S/C40H41N3O3S2/c1-7-9-12-28(8-2)33-14-11-10-13-30(33)23-41-40(47)42-32-19-20-34-31(21-32)24-43(48(6)46)39-26(4)35(22-36(44)45)37(27(5)38(34)39)29-17-15-25(3)16-18-29/h7-21H,1,22-24H2,2-6H3,(H,44,45)(H2,41,42,47)/b12-9-,28-8+. The molecule has 1 aliphatic rings. The Labute approximate surface area is 291 Å². The molecule has 4 aromatic carbocycles. The summed E-state index contributed by atoms with van der Waals surface area (Å²) >= 11 is 5.72. The van der Waals surface area contributed by atoms with Gasteiger partial charge in [0.15, 0.2) is 5.11 Å². The maximum atomic E-state index is 13.3. The Bertz CT molecular complexity index is 1990. The van der Waals surface area contributed by atoms with E-state index in [9.17, 15) is 14.1 Å². The van der Waals surface area contributed by atoms with Gasteiger partial charge in [-0.15, -0.1) is 0 Å². The van der Waals surface area contributed by atoms with Gasteiger partial charge in [0.2, 0.25) is 0 Å². The third-order valence-electron chi connectivity index (χ3n) is 8.76. The second kappa shape index (κ2) is 15.0. The maximum Gasteiger partial charge on any atom is 0.307 e. The van der Waals surface area contributed by atoms with Crippen LogP contribution < -0.4 is 14.9 Å². The van der Waals surface area contributed by atoms with E-state index in [1.165, 1.54) is 0 Å². The summed E-state index contributed by atoms with van der Waals surface area (Å²) in [6, 6.07) is 22.6. The number of fused-ring (bicyclic) bond motifs is 3. The Morgan fingerprint density at radius 3 is 2.44 bits per heavy atom.